The molecule has 1 aliphatic rings. The summed E-state index contributed by atoms with van der Waals surface area (Å²) in [7, 11) is 0. The number of nitrogens with zero attached hydrogens (tertiary/aromatic N) is 2. The molecule has 1 fully saturated rings. The second-order valence-corrected chi connectivity index (χ2v) is 6.54. The van der Waals surface area contributed by atoms with Gasteiger partial charge in [0.1, 0.15) is 5.69 Å². The lowest BCUT2D eigenvalue weighted by Crippen LogP contribution is -2.43. The number of carbonyl (C=O) groups is 1. The van der Waals surface area contributed by atoms with Crippen LogP contribution in [-0.4, -0.2) is 39.6 Å². The molecule has 1 aromatic rings. The molecule has 1 saturated heterocycles. The predicted molar refractivity (Wildman–Crippen MR) is 69.9 cm³/mol. The summed E-state index contributed by atoms with van der Waals surface area (Å²) >= 11 is 1.97. The van der Waals surface area contributed by atoms with E-state index in [4.69, 9.17) is 5.11 Å². The van der Waals surface area contributed by atoms with E-state index in [1.807, 2.05) is 17.8 Å². The minimum absolute atomic E-state index is 0.0967. The van der Waals surface area contributed by atoms with Gasteiger partial charge >= 0.3 is 5.97 Å². The molecule has 0 amide bonds. The number of hydrogen-bond acceptors (Lipinski definition) is 4. The van der Waals surface area contributed by atoms with Crippen molar-refractivity contribution in [3.63, 3.8) is 0 Å². The van der Waals surface area contributed by atoms with E-state index in [0.29, 0.717) is 0 Å². The van der Waals surface area contributed by atoms with Crippen LogP contribution >= 0.6 is 11.8 Å². The molecule has 0 radical (unpaired) electrons. The van der Waals surface area contributed by atoms with Crippen LogP contribution in [0.25, 0.3) is 0 Å². The number of carboxylic acids is 1. The quantitative estimate of drug-likeness (QED) is 0.873. The third-order valence-corrected chi connectivity index (χ3v) is 4.06. The van der Waals surface area contributed by atoms with Crippen molar-refractivity contribution >= 4 is 23.4 Å². The monoisotopic (exact) mass is 252 g/mol. The van der Waals surface area contributed by atoms with Crippen molar-refractivity contribution in [3.8, 4) is 0 Å². The summed E-state index contributed by atoms with van der Waals surface area (Å²) in [5.41, 5.74) is 1.10. The first-order chi connectivity index (χ1) is 7.98. The number of carboxylic acid groups (broad SMARTS) is 1. The lowest BCUT2D eigenvalue weighted by Gasteiger charge is -2.38. The van der Waals surface area contributed by atoms with E-state index in [2.05, 4.69) is 23.7 Å². The van der Waals surface area contributed by atoms with Crippen LogP contribution < -0.4 is 4.90 Å². The highest BCUT2D eigenvalue weighted by atomic mass is 32.2. The standard InChI is InChI=1S/C12H16N2O2S/c1-12(2)8-14(5-6-17-12)9-3-4-10(11(15)16)13-7-9/h3-4,7H,5-6,8H2,1-2H3,(H,15,16). The largest absolute Gasteiger partial charge is 0.477 e. The first kappa shape index (κ1) is 12.2. The summed E-state index contributed by atoms with van der Waals surface area (Å²) in [4.78, 5) is 16.9. The zero-order valence-electron chi connectivity index (χ0n) is 10.0. The van der Waals surface area contributed by atoms with Crippen LogP contribution in [0.5, 0.6) is 0 Å². The Labute approximate surface area is 105 Å². The van der Waals surface area contributed by atoms with E-state index in [0.717, 1.165) is 24.5 Å². The van der Waals surface area contributed by atoms with Crippen molar-refractivity contribution in [1.29, 1.82) is 0 Å². The van der Waals surface area contributed by atoms with Crippen LogP contribution in [0.2, 0.25) is 0 Å². The Bertz CT molecular complexity index is 417. The molecule has 17 heavy (non-hydrogen) atoms. The molecule has 1 aromatic heterocycles. The van der Waals surface area contributed by atoms with Crippen molar-refractivity contribution in [2.75, 3.05) is 23.7 Å². The summed E-state index contributed by atoms with van der Waals surface area (Å²) in [6.07, 6.45) is 1.65. The van der Waals surface area contributed by atoms with Gasteiger partial charge in [0.2, 0.25) is 0 Å². The van der Waals surface area contributed by atoms with Gasteiger partial charge in [-0.3, -0.25) is 0 Å². The van der Waals surface area contributed by atoms with E-state index in [1.54, 1.807) is 12.3 Å². The van der Waals surface area contributed by atoms with Gasteiger partial charge in [0.25, 0.3) is 0 Å². The Kier molecular flexibility index (Phi) is 3.28. The molecule has 0 atom stereocenters. The van der Waals surface area contributed by atoms with E-state index in [9.17, 15) is 4.79 Å². The Balaban J connectivity index is 2.14. The zero-order chi connectivity index (χ0) is 12.5. The Morgan fingerprint density at radius 1 is 1.53 bits per heavy atom. The summed E-state index contributed by atoms with van der Waals surface area (Å²) in [6, 6.07) is 3.40. The second kappa shape index (κ2) is 4.56. The minimum Gasteiger partial charge on any atom is -0.477 e. The predicted octanol–water partition coefficient (Wildman–Crippen LogP) is 2.11. The number of anilines is 1. The first-order valence-corrected chi connectivity index (χ1v) is 6.55. The number of rotatable bonds is 2. The molecule has 0 aliphatic carbocycles. The first-order valence-electron chi connectivity index (χ1n) is 5.56. The van der Waals surface area contributed by atoms with Crippen LogP contribution in [0.1, 0.15) is 24.3 Å². The molecule has 1 N–H and O–H groups in total. The SMILES string of the molecule is CC1(C)CN(c2ccc(C(=O)O)nc2)CCS1. The lowest BCUT2D eigenvalue weighted by atomic mass is 10.1. The molecule has 0 aromatic carbocycles. The fourth-order valence-corrected chi connectivity index (χ4v) is 3.05. The molecule has 0 saturated carbocycles. The number of thioether (sulfide) groups is 1. The van der Waals surface area contributed by atoms with Crippen molar-refractivity contribution in [1.82, 2.24) is 4.98 Å². The van der Waals surface area contributed by atoms with E-state index < -0.39 is 5.97 Å². The second-order valence-electron chi connectivity index (χ2n) is 4.74. The molecular formula is C12H16N2O2S. The van der Waals surface area contributed by atoms with Crippen LogP contribution in [0.4, 0.5) is 5.69 Å². The number of hydrogen-bond donors (Lipinski definition) is 1. The molecule has 1 aliphatic heterocycles. The fraction of sp³-hybridized carbons (Fsp3) is 0.500. The van der Waals surface area contributed by atoms with Gasteiger partial charge in [0, 0.05) is 23.6 Å². The van der Waals surface area contributed by atoms with Gasteiger partial charge < -0.3 is 10.0 Å². The molecule has 0 bridgehead atoms. The van der Waals surface area contributed by atoms with Crippen molar-refractivity contribution in [2.24, 2.45) is 0 Å². The fourth-order valence-electron chi connectivity index (χ4n) is 1.94. The highest BCUT2D eigenvalue weighted by Crippen LogP contribution is 2.31. The van der Waals surface area contributed by atoms with Gasteiger partial charge in [-0.05, 0) is 26.0 Å². The lowest BCUT2D eigenvalue weighted by molar-refractivity contribution is 0.0690. The van der Waals surface area contributed by atoms with E-state index in [-0.39, 0.29) is 10.4 Å². The van der Waals surface area contributed by atoms with Gasteiger partial charge in [-0.15, -0.1) is 0 Å². The van der Waals surface area contributed by atoms with Crippen LogP contribution in [-0.2, 0) is 0 Å². The van der Waals surface area contributed by atoms with Crippen LogP contribution in [0, 0.1) is 0 Å². The average Bonchev–Trinajstić information content (AvgIpc) is 2.28. The maximum absolute atomic E-state index is 10.7. The number of aromatic nitrogens is 1. The number of pyridine rings is 1. The van der Waals surface area contributed by atoms with Gasteiger partial charge in [-0.25, -0.2) is 9.78 Å². The molecule has 2 heterocycles. The molecule has 2 rings (SSSR count). The molecule has 4 nitrogen and oxygen atoms in total. The number of aromatic carboxylic acids is 1. The Hall–Kier alpha value is -1.23. The molecular weight excluding hydrogens is 236 g/mol. The third-order valence-electron chi connectivity index (χ3n) is 2.76. The summed E-state index contributed by atoms with van der Waals surface area (Å²) in [6.45, 7) is 6.40. The normalized spacial score (nSPS) is 19.1. The Morgan fingerprint density at radius 3 is 2.82 bits per heavy atom. The topological polar surface area (TPSA) is 53.4 Å². The molecule has 5 heteroatoms. The molecule has 0 unspecified atom stereocenters. The maximum Gasteiger partial charge on any atom is 0.354 e. The molecule has 92 valence electrons. The smallest absolute Gasteiger partial charge is 0.354 e. The van der Waals surface area contributed by atoms with Gasteiger partial charge in [0.15, 0.2) is 0 Å². The van der Waals surface area contributed by atoms with Crippen LogP contribution in [0.3, 0.4) is 0 Å². The maximum atomic E-state index is 10.7. The zero-order valence-corrected chi connectivity index (χ0v) is 10.8. The van der Waals surface area contributed by atoms with Crippen molar-refractivity contribution in [3.05, 3.63) is 24.0 Å². The Morgan fingerprint density at radius 2 is 2.29 bits per heavy atom. The summed E-state index contributed by atoms with van der Waals surface area (Å²) in [5.74, 6) is 0.110. The van der Waals surface area contributed by atoms with E-state index in [1.165, 1.54) is 0 Å². The third kappa shape index (κ3) is 2.91. The summed E-state index contributed by atoms with van der Waals surface area (Å²) in [5, 5.41) is 8.79. The average molecular weight is 252 g/mol. The van der Waals surface area contributed by atoms with Gasteiger partial charge in [-0.1, -0.05) is 0 Å². The highest BCUT2D eigenvalue weighted by Gasteiger charge is 2.27. The van der Waals surface area contributed by atoms with Gasteiger partial charge in [-0.2, -0.15) is 11.8 Å². The summed E-state index contributed by atoms with van der Waals surface area (Å²) < 4.78 is 0.240. The van der Waals surface area contributed by atoms with Crippen LogP contribution in [0.15, 0.2) is 18.3 Å². The van der Waals surface area contributed by atoms with Crippen molar-refractivity contribution in [2.45, 2.75) is 18.6 Å². The van der Waals surface area contributed by atoms with E-state index >= 15 is 0 Å². The molecule has 0 spiro atoms. The highest BCUT2D eigenvalue weighted by molar-refractivity contribution is 8.00. The van der Waals surface area contributed by atoms with Gasteiger partial charge in [0.05, 0.1) is 11.9 Å². The minimum atomic E-state index is -0.980. The van der Waals surface area contributed by atoms with Crippen molar-refractivity contribution < 1.29 is 9.90 Å².